The Bertz CT molecular complexity index is 1360. The minimum Gasteiger partial charge on any atom is -0.481 e. The molecule has 1 aliphatic rings. The van der Waals surface area contributed by atoms with Gasteiger partial charge in [-0.2, -0.15) is 13.2 Å². The van der Waals surface area contributed by atoms with Crippen molar-refractivity contribution in [1.82, 2.24) is 4.98 Å². The Labute approximate surface area is 234 Å². The maximum atomic E-state index is 13.5. The van der Waals surface area contributed by atoms with Crippen molar-refractivity contribution in [3.8, 4) is 11.5 Å². The zero-order valence-electron chi connectivity index (χ0n) is 21.7. The number of rotatable bonds is 11. The summed E-state index contributed by atoms with van der Waals surface area (Å²) in [7, 11) is 0. The van der Waals surface area contributed by atoms with E-state index >= 15 is 0 Å². The Balaban J connectivity index is 1.29. The summed E-state index contributed by atoms with van der Waals surface area (Å²) >= 11 is 5.90. The van der Waals surface area contributed by atoms with E-state index in [-0.39, 0.29) is 60.3 Å². The van der Waals surface area contributed by atoms with E-state index in [1.54, 1.807) is 6.07 Å². The van der Waals surface area contributed by atoms with E-state index in [9.17, 15) is 27.6 Å². The molecule has 1 fully saturated rings. The first-order valence-electron chi connectivity index (χ1n) is 13.2. The molecule has 10 heteroatoms. The van der Waals surface area contributed by atoms with Crippen LogP contribution in [0.3, 0.4) is 0 Å². The maximum Gasteiger partial charge on any atom is 0.452 e. The summed E-state index contributed by atoms with van der Waals surface area (Å²) in [5.41, 5.74) is 1.40. The number of nitrogens with zero attached hydrogens (tertiary/aromatic N) is 1. The van der Waals surface area contributed by atoms with Crippen LogP contribution in [0.25, 0.3) is 11.5 Å². The standard InChI is InChI=1S/C30H29ClF3NO5/c31-23-4-1-3-22(17-23)29-35-27(28(40-29)30(32,33)34)25(37)6-2-5-24(36)15-18-7-11-20(12-8-18)21-13-9-19(10-14-21)16-26(38)39/h1,3-4,7-8,11-12,17,19,21H,2,5-6,9-10,13-16H2,(H,38,39). The second-order valence-corrected chi connectivity index (χ2v) is 10.7. The van der Waals surface area contributed by atoms with E-state index in [4.69, 9.17) is 21.1 Å². The molecule has 1 N–H and O–H groups in total. The van der Waals surface area contributed by atoms with Gasteiger partial charge in [-0.15, -0.1) is 0 Å². The van der Waals surface area contributed by atoms with E-state index in [1.807, 2.05) is 24.3 Å². The van der Waals surface area contributed by atoms with E-state index in [0.717, 1.165) is 31.2 Å². The summed E-state index contributed by atoms with van der Waals surface area (Å²) in [5, 5.41) is 9.26. The summed E-state index contributed by atoms with van der Waals surface area (Å²) in [5.74, 6) is -2.94. The van der Waals surface area contributed by atoms with Crippen molar-refractivity contribution in [3.63, 3.8) is 0 Å². The van der Waals surface area contributed by atoms with Gasteiger partial charge in [0.15, 0.2) is 11.5 Å². The van der Waals surface area contributed by atoms with Crippen molar-refractivity contribution in [1.29, 1.82) is 0 Å². The number of aliphatic carboxylic acids is 1. The molecule has 0 saturated heterocycles. The fraction of sp³-hybridized carbons (Fsp3) is 0.400. The largest absolute Gasteiger partial charge is 0.481 e. The average Bonchev–Trinajstić information content (AvgIpc) is 3.36. The summed E-state index contributed by atoms with van der Waals surface area (Å²) in [6, 6.07) is 13.7. The minimum atomic E-state index is -4.91. The molecule has 4 rings (SSSR count). The van der Waals surface area contributed by atoms with E-state index in [1.165, 1.54) is 23.8 Å². The highest BCUT2D eigenvalue weighted by molar-refractivity contribution is 6.30. The van der Waals surface area contributed by atoms with E-state index < -0.39 is 29.4 Å². The number of oxazole rings is 1. The lowest BCUT2D eigenvalue weighted by Gasteiger charge is -2.28. The van der Waals surface area contributed by atoms with Crippen LogP contribution in [-0.4, -0.2) is 27.6 Å². The molecule has 0 atom stereocenters. The molecule has 212 valence electrons. The van der Waals surface area contributed by atoms with Crippen LogP contribution >= 0.6 is 11.6 Å². The molecular formula is C30H29ClF3NO5. The van der Waals surface area contributed by atoms with Crippen LogP contribution in [0.15, 0.2) is 52.9 Å². The lowest BCUT2D eigenvalue weighted by Crippen LogP contribution is -2.16. The fourth-order valence-electron chi connectivity index (χ4n) is 5.18. The van der Waals surface area contributed by atoms with Gasteiger partial charge in [0.25, 0.3) is 0 Å². The number of carbonyl (C=O) groups is 3. The normalized spacial score (nSPS) is 17.5. The smallest absolute Gasteiger partial charge is 0.452 e. The van der Waals surface area contributed by atoms with Crippen molar-refractivity contribution >= 4 is 29.1 Å². The lowest BCUT2D eigenvalue weighted by atomic mass is 9.77. The highest BCUT2D eigenvalue weighted by Gasteiger charge is 2.41. The maximum absolute atomic E-state index is 13.5. The van der Waals surface area contributed by atoms with Gasteiger partial charge in [0.1, 0.15) is 5.78 Å². The minimum absolute atomic E-state index is 0.0431. The quantitative estimate of drug-likeness (QED) is 0.233. The Kier molecular flexibility index (Phi) is 9.45. The second-order valence-electron chi connectivity index (χ2n) is 10.3. The summed E-state index contributed by atoms with van der Waals surface area (Å²) in [6.07, 6.45) is -1.03. The molecule has 3 aromatic rings. The zero-order chi connectivity index (χ0) is 28.9. The van der Waals surface area contributed by atoms with Crippen molar-refractivity contribution in [3.05, 3.63) is 76.1 Å². The van der Waals surface area contributed by atoms with Gasteiger partial charge in [-0.05, 0) is 73.3 Å². The molecule has 0 unspecified atom stereocenters. The van der Waals surface area contributed by atoms with Crippen LogP contribution in [0, 0.1) is 5.92 Å². The number of benzene rings is 2. The van der Waals surface area contributed by atoms with Gasteiger partial charge in [0.05, 0.1) is 0 Å². The number of carbonyl (C=O) groups excluding carboxylic acids is 2. The third-order valence-electron chi connectivity index (χ3n) is 7.24. The third-order valence-corrected chi connectivity index (χ3v) is 7.48. The first kappa shape index (κ1) is 29.5. The number of halogens is 4. The SMILES string of the molecule is O=C(O)CC1CCC(c2ccc(CC(=O)CCCC(=O)c3nc(-c4cccc(Cl)c4)oc3C(F)(F)F)cc2)CC1. The molecule has 40 heavy (non-hydrogen) atoms. The molecule has 0 aliphatic heterocycles. The summed E-state index contributed by atoms with van der Waals surface area (Å²) in [6.45, 7) is 0. The van der Waals surface area contributed by atoms with Crippen LogP contribution in [0.4, 0.5) is 13.2 Å². The van der Waals surface area contributed by atoms with Crippen molar-refractivity contribution in [2.24, 2.45) is 5.92 Å². The Morgan fingerprint density at radius 1 is 1.00 bits per heavy atom. The Hall–Kier alpha value is -3.46. The number of ketones is 2. The first-order chi connectivity index (χ1) is 19.0. The summed E-state index contributed by atoms with van der Waals surface area (Å²) in [4.78, 5) is 39.9. The Morgan fingerprint density at radius 3 is 2.33 bits per heavy atom. The fourth-order valence-corrected chi connectivity index (χ4v) is 5.37. The molecule has 6 nitrogen and oxygen atoms in total. The number of Topliss-reactive ketones (excluding diaryl/α,β-unsaturated/α-hetero) is 2. The van der Waals surface area contributed by atoms with Crippen LogP contribution in [0.2, 0.25) is 5.02 Å². The van der Waals surface area contributed by atoms with Gasteiger partial charge in [-0.3, -0.25) is 14.4 Å². The van der Waals surface area contributed by atoms with E-state index in [0.29, 0.717) is 5.92 Å². The monoisotopic (exact) mass is 575 g/mol. The molecule has 1 saturated carbocycles. The molecule has 2 aromatic carbocycles. The number of hydrogen-bond donors (Lipinski definition) is 1. The molecule has 0 radical (unpaired) electrons. The van der Waals surface area contributed by atoms with Crippen LogP contribution in [-0.2, 0) is 22.2 Å². The molecule has 1 aliphatic carbocycles. The first-order valence-corrected chi connectivity index (χ1v) is 13.6. The highest BCUT2D eigenvalue weighted by atomic mass is 35.5. The lowest BCUT2D eigenvalue weighted by molar-refractivity contribution is -0.153. The van der Waals surface area contributed by atoms with Gasteiger partial charge in [0.2, 0.25) is 11.7 Å². The number of aromatic nitrogens is 1. The number of carboxylic acid groups (broad SMARTS) is 1. The Morgan fingerprint density at radius 2 is 1.70 bits per heavy atom. The molecule has 1 aromatic heterocycles. The topological polar surface area (TPSA) is 97.5 Å². The molecule has 1 heterocycles. The number of carboxylic acids is 1. The highest BCUT2D eigenvalue weighted by Crippen LogP contribution is 2.38. The number of hydrogen-bond acceptors (Lipinski definition) is 5. The van der Waals surface area contributed by atoms with Gasteiger partial charge in [-0.25, -0.2) is 4.98 Å². The average molecular weight is 576 g/mol. The number of alkyl halides is 3. The van der Waals surface area contributed by atoms with Crippen molar-refractivity contribution in [2.45, 2.75) is 69.9 Å². The second kappa shape index (κ2) is 12.8. The predicted molar refractivity (Wildman–Crippen MR) is 142 cm³/mol. The van der Waals surface area contributed by atoms with E-state index in [2.05, 4.69) is 4.98 Å². The molecule has 0 bridgehead atoms. The molecular weight excluding hydrogens is 547 g/mol. The van der Waals surface area contributed by atoms with Gasteiger partial charge >= 0.3 is 12.1 Å². The molecule has 0 amide bonds. The third kappa shape index (κ3) is 7.81. The van der Waals surface area contributed by atoms with Gasteiger partial charge < -0.3 is 9.52 Å². The van der Waals surface area contributed by atoms with Crippen LogP contribution < -0.4 is 0 Å². The van der Waals surface area contributed by atoms with Crippen LogP contribution in [0.5, 0.6) is 0 Å². The van der Waals surface area contributed by atoms with Crippen molar-refractivity contribution < 1.29 is 37.1 Å². The van der Waals surface area contributed by atoms with Crippen LogP contribution in [0.1, 0.15) is 84.7 Å². The van der Waals surface area contributed by atoms with Gasteiger partial charge in [-0.1, -0.05) is 41.9 Å². The van der Waals surface area contributed by atoms with Gasteiger partial charge in [0, 0.05) is 36.3 Å². The van der Waals surface area contributed by atoms with Crippen molar-refractivity contribution in [2.75, 3.05) is 0 Å². The molecule has 0 spiro atoms. The zero-order valence-corrected chi connectivity index (χ0v) is 22.4. The predicted octanol–water partition coefficient (Wildman–Crippen LogP) is 7.93. The summed E-state index contributed by atoms with van der Waals surface area (Å²) < 4.78 is 45.5.